The molecule has 0 saturated carbocycles. The summed E-state index contributed by atoms with van der Waals surface area (Å²) >= 11 is 0. The molecule has 0 heterocycles. The van der Waals surface area contributed by atoms with Crippen molar-refractivity contribution in [3.05, 3.63) is 0 Å². The van der Waals surface area contributed by atoms with Crippen molar-refractivity contribution in [2.75, 3.05) is 0 Å². The second kappa shape index (κ2) is 7.35. The van der Waals surface area contributed by atoms with Crippen LogP contribution in [0.4, 0.5) is 0 Å². The van der Waals surface area contributed by atoms with Gasteiger partial charge in [0, 0.05) is 32.6 Å². The van der Waals surface area contributed by atoms with Crippen molar-refractivity contribution in [3.8, 4) is 0 Å². The van der Waals surface area contributed by atoms with Crippen molar-refractivity contribution in [2.24, 2.45) is 0 Å². The van der Waals surface area contributed by atoms with Gasteiger partial charge in [0.05, 0.1) is 6.42 Å². The minimum Gasteiger partial charge on any atom is -0.481 e. The van der Waals surface area contributed by atoms with Gasteiger partial charge in [-0.3, -0.25) is 14.4 Å². The van der Waals surface area contributed by atoms with Crippen LogP contribution in [0.3, 0.4) is 0 Å². The molecule has 0 aromatic rings. The Balaban J connectivity index is 0. The summed E-state index contributed by atoms with van der Waals surface area (Å²) < 4.78 is 0. The molecule has 4 nitrogen and oxygen atoms in total. The Kier molecular flexibility index (Phi) is 8.71. The van der Waals surface area contributed by atoms with Crippen LogP contribution in [0.2, 0.25) is 0 Å². The van der Waals surface area contributed by atoms with E-state index in [-0.39, 0.29) is 44.8 Å². The van der Waals surface area contributed by atoms with E-state index >= 15 is 0 Å². The number of hydrogen-bond acceptors (Lipinski definition) is 3. The molecule has 0 bridgehead atoms. The summed E-state index contributed by atoms with van der Waals surface area (Å²) in [4.78, 5) is 31.2. The van der Waals surface area contributed by atoms with Gasteiger partial charge >= 0.3 is 5.97 Å². The van der Waals surface area contributed by atoms with E-state index in [1.807, 2.05) is 0 Å². The maximum atomic E-state index is 10.6. The molecule has 0 rings (SSSR count). The maximum Gasteiger partial charge on any atom is 0.310 e. The van der Waals surface area contributed by atoms with Gasteiger partial charge in [-0.15, -0.1) is 0 Å². The first-order valence-corrected chi connectivity index (χ1v) is 3.31. The molecule has 66 valence electrons. The summed E-state index contributed by atoms with van der Waals surface area (Å²) in [6.45, 7) is 1.64. The molecule has 0 fully saturated rings. The second-order valence-electron chi connectivity index (χ2n) is 2.18. The first kappa shape index (κ1) is 14.2. The number of hydrogen-bond donors (Lipinski definition) is 1. The molecular weight excluding hydrogens is 239 g/mol. The van der Waals surface area contributed by atoms with Gasteiger partial charge in [-0.05, 0) is 0 Å². The van der Waals surface area contributed by atoms with E-state index in [9.17, 15) is 14.4 Å². The Morgan fingerprint density at radius 3 is 1.92 bits per heavy atom. The Morgan fingerprint density at radius 2 is 1.58 bits per heavy atom. The van der Waals surface area contributed by atoms with E-state index in [0.29, 0.717) is 0 Å². The summed E-state index contributed by atoms with van der Waals surface area (Å²) in [5, 5.41) is 8.14. The summed E-state index contributed by atoms with van der Waals surface area (Å²) in [7, 11) is 0. The minimum atomic E-state index is -1.18. The zero-order valence-corrected chi connectivity index (χ0v) is 9.25. The fraction of sp³-hybridized carbons (Fsp3) is 0.571. The van der Waals surface area contributed by atoms with E-state index in [1.54, 1.807) is 6.92 Å². The number of carboxylic acid groups (broad SMARTS) is 1. The molecule has 0 aromatic carbocycles. The number of rotatable bonds is 5. The van der Waals surface area contributed by atoms with Crippen molar-refractivity contribution in [2.45, 2.75) is 26.2 Å². The molecule has 5 heteroatoms. The van der Waals surface area contributed by atoms with Crippen LogP contribution in [0, 0.1) is 0 Å². The van der Waals surface area contributed by atoms with Gasteiger partial charge in [0.2, 0.25) is 0 Å². The summed E-state index contributed by atoms with van der Waals surface area (Å²) in [5.74, 6) is -1.92. The van der Waals surface area contributed by atoms with Gasteiger partial charge in [0.15, 0.2) is 5.78 Å². The molecule has 1 N–H and O–H groups in total. The number of carboxylic acids is 1. The first-order chi connectivity index (χ1) is 5.06. The molecule has 0 atom stereocenters. The van der Waals surface area contributed by atoms with Crippen LogP contribution in [0.15, 0.2) is 0 Å². The first-order valence-electron chi connectivity index (χ1n) is 3.31. The monoisotopic (exact) mass is 248 g/mol. The van der Waals surface area contributed by atoms with E-state index in [4.69, 9.17) is 5.11 Å². The van der Waals surface area contributed by atoms with E-state index in [1.165, 1.54) is 0 Å². The van der Waals surface area contributed by atoms with Crippen molar-refractivity contribution in [1.29, 1.82) is 0 Å². The molecule has 0 aromatic heterocycles. The zero-order valence-electron chi connectivity index (χ0n) is 6.79. The normalized spacial score (nSPS) is 8.42. The minimum absolute atomic E-state index is 0. The predicted molar refractivity (Wildman–Crippen MR) is 37.2 cm³/mol. The standard InChI is InChI=1S/C7H10O4.Zr/c1-2-5(8)3-6(9)4-7(10)11;/h2-4H2,1H3,(H,10,11);. The van der Waals surface area contributed by atoms with E-state index in [0.717, 1.165) is 0 Å². The van der Waals surface area contributed by atoms with Crippen LogP contribution < -0.4 is 0 Å². The summed E-state index contributed by atoms with van der Waals surface area (Å²) in [5.41, 5.74) is 0. The molecule has 0 saturated heterocycles. The maximum absolute atomic E-state index is 10.6. The van der Waals surface area contributed by atoms with Crippen LogP contribution in [0.1, 0.15) is 26.2 Å². The number of aliphatic carboxylic acids is 1. The molecule has 0 aliphatic rings. The Hall–Kier alpha value is -0.307. The number of Topliss-reactive ketones (excluding diaryl/α,β-unsaturated/α-hetero) is 2. The third-order valence-electron chi connectivity index (χ3n) is 1.14. The Bertz CT molecular complexity index is 188. The summed E-state index contributed by atoms with van der Waals surface area (Å²) in [6.07, 6.45) is -0.514. The molecule has 0 aliphatic carbocycles. The quantitative estimate of drug-likeness (QED) is 0.716. The Labute approximate surface area is 89.5 Å². The van der Waals surface area contributed by atoms with Gasteiger partial charge < -0.3 is 5.11 Å². The zero-order chi connectivity index (χ0) is 8.85. The average molecular weight is 249 g/mol. The van der Waals surface area contributed by atoms with Crippen molar-refractivity contribution in [1.82, 2.24) is 0 Å². The number of carbonyl (C=O) groups excluding carboxylic acids is 2. The van der Waals surface area contributed by atoms with Crippen LogP contribution in [0.5, 0.6) is 0 Å². The van der Waals surface area contributed by atoms with Gasteiger partial charge in [-0.1, -0.05) is 6.92 Å². The van der Waals surface area contributed by atoms with Crippen molar-refractivity contribution in [3.63, 3.8) is 0 Å². The SMILES string of the molecule is CCC(=O)CC(=O)CC(=O)O.[Zr]. The summed E-state index contributed by atoms with van der Waals surface area (Å²) in [6, 6.07) is 0. The largest absolute Gasteiger partial charge is 0.481 e. The van der Waals surface area contributed by atoms with Crippen molar-refractivity contribution < 1.29 is 45.7 Å². The third-order valence-corrected chi connectivity index (χ3v) is 1.14. The molecule has 0 aliphatic heterocycles. The van der Waals surface area contributed by atoms with Crippen LogP contribution in [-0.4, -0.2) is 22.6 Å². The molecule has 12 heavy (non-hydrogen) atoms. The van der Waals surface area contributed by atoms with E-state index in [2.05, 4.69) is 0 Å². The molecule has 0 amide bonds. The van der Waals surface area contributed by atoms with Gasteiger partial charge in [-0.2, -0.15) is 0 Å². The van der Waals surface area contributed by atoms with Gasteiger partial charge in [-0.25, -0.2) is 0 Å². The molecule has 0 radical (unpaired) electrons. The van der Waals surface area contributed by atoms with Crippen LogP contribution in [0.25, 0.3) is 0 Å². The van der Waals surface area contributed by atoms with Crippen LogP contribution >= 0.6 is 0 Å². The molecule has 0 unspecified atom stereocenters. The molecule has 0 spiro atoms. The molecular formula is C7H10O4Zr. The topological polar surface area (TPSA) is 71.4 Å². The number of carbonyl (C=O) groups is 3. The van der Waals surface area contributed by atoms with Gasteiger partial charge in [0.1, 0.15) is 12.2 Å². The second-order valence-corrected chi connectivity index (χ2v) is 2.18. The fourth-order valence-corrected chi connectivity index (χ4v) is 0.576. The Morgan fingerprint density at radius 1 is 1.08 bits per heavy atom. The fourth-order valence-electron chi connectivity index (χ4n) is 0.576. The predicted octanol–water partition coefficient (Wildman–Crippen LogP) is 0.397. The van der Waals surface area contributed by atoms with Crippen LogP contribution in [-0.2, 0) is 40.6 Å². The smallest absolute Gasteiger partial charge is 0.310 e. The van der Waals surface area contributed by atoms with E-state index < -0.39 is 18.2 Å². The third kappa shape index (κ3) is 7.80. The average Bonchev–Trinajstić information content (AvgIpc) is 1.85. The number of ketones is 2. The van der Waals surface area contributed by atoms with Gasteiger partial charge in [0.25, 0.3) is 0 Å². The van der Waals surface area contributed by atoms with Crippen molar-refractivity contribution >= 4 is 17.5 Å².